The third-order valence-corrected chi connectivity index (χ3v) is 3.69. The molecule has 104 valence electrons. The smallest absolute Gasteiger partial charge is 0.258 e. The van der Waals surface area contributed by atoms with Crippen LogP contribution in [0, 0.1) is 0 Å². The number of ether oxygens (including phenoxy) is 1. The minimum Gasteiger partial charge on any atom is -0.373 e. The largest absolute Gasteiger partial charge is 0.373 e. The second-order valence-electron chi connectivity index (χ2n) is 5.02. The van der Waals surface area contributed by atoms with Gasteiger partial charge in [-0.3, -0.25) is 0 Å². The van der Waals surface area contributed by atoms with Gasteiger partial charge < -0.3 is 15.8 Å². The lowest BCUT2D eigenvalue weighted by atomic mass is 9.96. The van der Waals surface area contributed by atoms with Crippen molar-refractivity contribution in [3.8, 4) is 5.95 Å². The van der Waals surface area contributed by atoms with E-state index in [9.17, 15) is 0 Å². The molecule has 0 amide bonds. The Kier molecular flexibility index (Phi) is 2.52. The minimum atomic E-state index is 0.150. The van der Waals surface area contributed by atoms with E-state index in [4.69, 9.17) is 10.5 Å². The molecule has 0 aliphatic carbocycles. The third kappa shape index (κ3) is 1.95. The molecule has 4 heterocycles. The molecule has 3 atom stereocenters. The van der Waals surface area contributed by atoms with Gasteiger partial charge in [0.25, 0.3) is 5.95 Å². The van der Waals surface area contributed by atoms with Gasteiger partial charge in [-0.2, -0.15) is 24.7 Å². The lowest BCUT2D eigenvalue weighted by molar-refractivity contribution is 0.102. The summed E-state index contributed by atoms with van der Waals surface area (Å²) in [5.41, 5.74) is 5.72. The Balaban J connectivity index is 1.59. The first-order valence-corrected chi connectivity index (χ1v) is 6.56. The molecule has 2 bridgehead atoms. The van der Waals surface area contributed by atoms with Crippen LogP contribution in [0.5, 0.6) is 0 Å². The lowest BCUT2D eigenvalue weighted by Gasteiger charge is -2.20. The molecule has 0 aromatic carbocycles. The Morgan fingerprint density at radius 2 is 2.25 bits per heavy atom. The van der Waals surface area contributed by atoms with Gasteiger partial charge in [-0.1, -0.05) is 0 Å². The average molecular weight is 274 g/mol. The van der Waals surface area contributed by atoms with Crippen molar-refractivity contribution in [3.63, 3.8) is 0 Å². The van der Waals surface area contributed by atoms with Crippen molar-refractivity contribution in [1.29, 1.82) is 0 Å². The Labute approximate surface area is 114 Å². The molecule has 2 fully saturated rings. The van der Waals surface area contributed by atoms with E-state index in [0.29, 0.717) is 18.0 Å². The van der Waals surface area contributed by atoms with E-state index in [1.54, 1.807) is 0 Å². The van der Waals surface area contributed by atoms with Crippen LogP contribution in [-0.2, 0) is 4.74 Å². The van der Waals surface area contributed by atoms with Crippen LogP contribution < -0.4 is 11.1 Å². The molecule has 0 radical (unpaired) electrons. The molecule has 3 N–H and O–H groups in total. The normalized spacial score (nSPS) is 27.9. The van der Waals surface area contributed by atoms with Crippen molar-refractivity contribution in [2.24, 2.45) is 0 Å². The number of nitrogens with one attached hydrogen (secondary N) is 1. The van der Waals surface area contributed by atoms with Gasteiger partial charge in [-0.25, -0.2) is 4.98 Å². The fourth-order valence-corrected chi connectivity index (χ4v) is 2.81. The van der Waals surface area contributed by atoms with E-state index in [0.717, 1.165) is 19.3 Å². The molecule has 2 aromatic heterocycles. The summed E-state index contributed by atoms with van der Waals surface area (Å²) >= 11 is 0. The van der Waals surface area contributed by atoms with Gasteiger partial charge in [0.2, 0.25) is 11.9 Å². The Bertz CT molecular complexity index is 615. The van der Waals surface area contributed by atoms with Crippen molar-refractivity contribution in [2.75, 3.05) is 11.1 Å². The predicted molar refractivity (Wildman–Crippen MR) is 69.1 cm³/mol. The molecule has 4 rings (SSSR count). The van der Waals surface area contributed by atoms with E-state index < -0.39 is 0 Å². The van der Waals surface area contributed by atoms with Crippen LogP contribution in [0.2, 0.25) is 0 Å². The number of hydrogen-bond donors (Lipinski definition) is 2. The number of nitrogens with zero attached hydrogens (tertiary/aromatic N) is 6. The van der Waals surface area contributed by atoms with Crippen molar-refractivity contribution < 1.29 is 4.74 Å². The fourth-order valence-electron chi connectivity index (χ4n) is 2.81. The number of fused-ring (bicyclic) bond motifs is 2. The van der Waals surface area contributed by atoms with Crippen LogP contribution in [0.4, 0.5) is 11.9 Å². The first-order chi connectivity index (χ1) is 9.78. The molecule has 9 nitrogen and oxygen atoms in total. The summed E-state index contributed by atoms with van der Waals surface area (Å²) in [6.07, 6.45) is 6.75. The second-order valence-corrected chi connectivity index (χ2v) is 5.02. The van der Waals surface area contributed by atoms with E-state index >= 15 is 0 Å². The lowest BCUT2D eigenvalue weighted by Crippen LogP contribution is -2.31. The molecule has 2 aliphatic rings. The highest BCUT2D eigenvalue weighted by molar-refractivity contribution is 5.36. The van der Waals surface area contributed by atoms with Crippen molar-refractivity contribution in [1.82, 2.24) is 29.7 Å². The molecule has 2 saturated heterocycles. The van der Waals surface area contributed by atoms with Gasteiger partial charge >= 0.3 is 0 Å². The fraction of sp³-hybridized carbons (Fsp3) is 0.545. The molecule has 2 aromatic rings. The number of aromatic nitrogens is 6. The molecular weight excluding hydrogens is 260 g/mol. The molecule has 3 unspecified atom stereocenters. The standard InChI is InChI=1S/C11H14N8O/c12-9-16-10(15-7-3-6-1-2-8(7)20-6)18-11(17-9)19-5-13-4-14-19/h4-8H,1-3H2,(H3,12,15,16,17,18). The van der Waals surface area contributed by atoms with Gasteiger partial charge in [0.1, 0.15) is 12.7 Å². The highest BCUT2D eigenvalue weighted by Crippen LogP contribution is 2.35. The number of rotatable bonds is 3. The molecule has 9 heteroatoms. The molecule has 20 heavy (non-hydrogen) atoms. The van der Waals surface area contributed by atoms with E-state index in [1.807, 2.05) is 0 Å². The van der Waals surface area contributed by atoms with Crippen molar-refractivity contribution in [3.05, 3.63) is 12.7 Å². The predicted octanol–water partition coefficient (Wildman–Crippen LogP) is -0.234. The van der Waals surface area contributed by atoms with E-state index in [1.165, 1.54) is 17.3 Å². The highest BCUT2D eigenvalue weighted by atomic mass is 16.5. The van der Waals surface area contributed by atoms with Gasteiger partial charge in [-0.15, -0.1) is 0 Å². The summed E-state index contributed by atoms with van der Waals surface area (Å²) in [4.78, 5) is 16.3. The number of nitrogens with two attached hydrogens (primary N) is 1. The van der Waals surface area contributed by atoms with E-state index in [2.05, 4.69) is 30.4 Å². The monoisotopic (exact) mass is 274 g/mol. The van der Waals surface area contributed by atoms with Crippen molar-refractivity contribution in [2.45, 2.75) is 37.5 Å². The van der Waals surface area contributed by atoms with Crippen molar-refractivity contribution >= 4 is 11.9 Å². The summed E-state index contributed by atoms with van der Waals surface area (Å²) < 4.78 is 7.24. The first kappa shape index (κ1) is 11.5. The van der Waals surface area contributed by atoms with Crippen LogP contribution in [0.3, 0.4) is 0 Å². The van der Waals surface area contributed by atoms with Crippen LogP contribution in [0.1, 0.15) is 19.3 Å². The Hall–Kier alpha value is -2.29. The maximum absolute atomic E-state index is 5.80. The zero-order valence-corrected chi connectivity index (χ0v) is 10.7. The topological polar surface area (TPSA) is 117 Å². The Morgan fingerprint density at radius 1 is 1.30 bits per heavy atom. The Morgan fingerprint density at radius 3 is 2.95 bits per heavy atom. The maximum atomic E-state index is 5.80. The van der Waals surface area contributed by atoms with Gasteiger partial charge in [0.05, 0.1) is 18.2 Å². The van der Waals surface area contributed by atoms with Crippen LogP contribution >= 0.6 is 0 Å². The summed E-state index contributed by atoms with van der Waals surface area (Å²) in [7, 11) is 0. The van der Waals surface area contributed by atoms with Gasteiger partial charge in [0.15, 0.2) is 0 Å². The summed E-state index contributed by atoms with van der Waals surface area (Å²) in [5.74, 6) is 0.947. The van der Waals surface area contributed by atoms with E-state index in [-0.39, 0.29) is 18.1 Å². The maximum Gasteiger partial charge on any atom is 0.258 e. The van der Waals surface area contributed by atoms with Crippen LogP contribution in [-0.4, -0.2) is 48.0 Å². The number of hydrogen-bond acceptors (Lipinski definition) is 8. The van der Waals surface area contributed by atoms with Crippen LogP contribution in [0.25, 0.3) is 5.95 Å². The number of anilines is 2. The molecule has 2 aliphatic heterocycles. The molecule has 0 spiro atoms. The zero-order valence-electron chi connectivity index (χ0n) is 10.7. The van der Waals surface area contributed by atoms with Gasteiger partial charge in [-0.05, 0) is 19.3 Å². The zero-order chi connectivity index (χ0) is 13.5. The summed E-state index contributed by atoms with van der Waals surface area (Å²) in [6, 6.07) is 0.235. The minimum absolute atomic E-state index is 0.150. The average Bonchev–Trinajstić information content (AvgIpc) is 3.16. The number of nitrogen functional groups attached to an aromatic ring is 1. The SMILES string of the molecule is Nc1nc(NC2CC3CCC2O3)nc(-n2cncn2)n1. The quantitative estimate of drug-likeness (QED) is 0.788. The summed E-state index contributed by atoms with van der Waals surface area (Å²) in [5, 5.41) is 7.27. The van der Waals surface area contributed by atoms with Gasteiger partial charge in [0, 0.05) is 0 Å². The molecule has 0 saturated carbocycles. The van der Waals surface area contributed by atoms with Crippen LogP contribution in [0.15, 0.2) is 12.7 Å². The summed E-state index contributed by atoms with van der Waals surface area (Å²) in [6.45, 7) is 0. The first-order valence-electron chi connectivity index (χ1n) is 6.56. The molecular formula is C11H14N8O. The third-order valence-electron chi connectivity index (χ3n) is 3.69. The second kappa shape index (κ2) is 4.37. The highest BCUT2D eigenvalue weighted by Gasteiger charge is 2.41.